The molecule has 1 aromatic carbocycles. The molecule has 1 N–H and O–H groups in total. The molecule has 0 spiro atoms. The van der Waals surface area contributed by atoms with Crippen LogP contribution >= 0.6 is 0 Å². The molecule has 0 radical (unpaired) electrons. The lowest BCUT2D eigenvalue weighted by atomic mass is 10.1. The molecule has 1 aliphatic heterocycles. The average Bonchev–Trinajstić information content (AvgIpc) is 2.93. The maximum absolute atomic E-state index is 13.3. The first-order chi connectivity index (χ1) is 9.60. The first kappa shape index (κ1) is 15.0. The first-order valence-corrected chi connectivity index (χ1v) is 7.26. The number of nitriles is 1. The van der Waals surface area contributed by atoms with Crippen LogP contribution in [0.15, 0.2) is 18.2 Å². The Morgan fingerprint density at radius 3 is 2.90 bits per heavy atom. The van der Waals surface area contributed by atoms with Crippen molar-refractivity contribution >= 4 is 0 Å². The van der Waals surface area contributed by atoms with Gasteiger partial charge in [0.25, 0.3) is 0 Å². The lowest BCUT2D eigenvalue weighted by molar-refractivity contribution is 0.194. The maximum atomic E-state index is 13.3. The summed E-state index contributed by atoms with van der Waals surface area (Å²) in [6.45, 7) is 7.20. The fourth-order valence-corrected chi connectivity index (χ4v) is 2.64. The highest BCUT2D eigenvalue weighted by molar-refractivity contribution is 5.34. The van der Waals surface area contributed by atoms with Crippen LogP contribution in [0, 0.1) is 17.1 Å². The van der Waals surface area contributed by atoms with E-state index < -0.39 is 5.82 Å². The Kier molecular flexibility index (Phi) is 5.11. The Labute approximate surface area is 120 Å². The summed E-state index contributed by atoms with van der Waals surface area (Å²) in [6, 6.07) is 7.70. The smallest absolute Gasteiger partial charge is 0.140 e. The number of hydrogen-bond acceptors (Lipinski definition) is 3. The van der Waals surface area contributed by atoms with Crippen molar-refractivity contribution < 1.29 is 4.39 Å². The Morgan fingerprint density at radius 1 is 1.50 bits per heavy atom. The third kappa shape index (κ3) is 3.78. The summed E-state index contributed by atoms with van der Waals surface area (Å²) < 4.78 is 13.3. The largest absolute Gasteiger partial charge is 0.313 e. The highest BCUT2D eigenvalue weighted by Gasteiger charge is 2.20. The van der Waals surface area contributed by atoms with Crippen LogP contribution in [0.25, 0.3) is 0 Å². The zero-order valence-corrected chi connectivity index (χ0v) is 12.2. The van der Waals surface area contributed by atoms with E-state index in [4.69, 9.17) is 5.26 Å². The number of nitrogens with one attached hydrogen (secondary N) is 1. The van der Waals surface area contributed by atoms with Gasteiger partial charge < -0.3 is 5.32 Å². The molecule has 0 bridgehead atoms. The van der Waals surface area contributed by atoms with Gasteiger partial charge in [-0.3, -0.25) is 4.90 Å². The van der Waals surface area contributed by atoms with E-state index in [-0.39, 0.29) is 5.56 Å². The van der Waals surface area contributed by atoms with E-state index >= 15 is 0 Å². The molecule has 20 heavy (non-hydrogen) atoms. The van der Waals surface area contributed by atoms with E-state index in [2.05, 4.69) is 24.1 Å². The average molecular weight is 275 g/mol. The second kappa shape index (κ2) is 6.83. The van der Waals surface area contributed by atoms with Gasteiger partial charge in [0.15, 0.2) is 0 Å². The van der Waals surface area contributed by atoms with Crippen LogP contribution in [0.5, 0.6) is 0 Å². The van der Waals surface area contributed by atoms with Crippen LogP contribution < -0.4 is 5.32 Å². The fourth-order valence-electron chi connectivity index (χ4n) is 2.64. The zero-order valence-electron chi connectivity index (χ0n) is 12.2. The lowest BCUT2D eigenvalue weighted by Gasteiger charge is -2.29. The predicted octanol–water partition coefficient (Wildman–Crippen LogP) is 2.66. The van der Waals surface area contributed by atoms with Crippen molar-refractivity contribution in [2.24, 2.45) is 0 Å². The summed E-state index contributed by atoms with van der Waals surface area (Å²) in [4.78, 5) is 2.37. The third-order valence-electron chi connectivity index (χ3n) is 3.88. The van der Waals surface area contributed by atoms with Crippen LogP contribution in [-0.4, -0.2) is 30.1 Å². The van der Waals surface area contributed by atoms with Crippen molar-refractivity contribution in [3.05, 3.63) is 35.1 Å². The Balaban J connectivity index is 2.05. The fraction of sp³-hybridized carbons (Fsp3) is 0.562. The van der Waals surface area contributed by atoms with Crippen LogP contribution in [-0.2, 0) is 6.54 Å². The van der Waals surface area contributed by atoms with Crippen molar-refractivity contribution in [1.29, 1.82) is 5.26 Å². The molecule has 1 unspecified atom stereocenters. The molecule has 4 heteroatoms. The molecule has 1 atom stereocenters. The van der Waals surface area contributed by atoms with Gasteiger partial charge in [0.1, 0.15) is 11.9 Å². The van der Waals surface area contributed by atoms with Crippen LogP contribution in [0.3, 0.4) is 0 Å². The van der Waals surface area contributed by atoms with Crippen molar-refractivity contribution in [1.82, 2.24) is 10.2 Å². The van der Waals surface area contributed by atoms with Gasteiger partial charge in [0.05, 0.1) is 5.56 Å². The second-order valence-corrected chi connectivity index (χ2v) is 5.74. The van der Waals surface area contributed by atoms with E-state index in [1.807, 2.05) is 6.07 Å². The standard InChI is InChI=1S/C16H22FN3/c1-12(2)20(11-15-4-3-7-19-15)10-13-5-6-16(17)14(8-13)9-18/h5-6,8,12,15,19H,3-4,7,10-11H2,1-2H3. The summed E-state index contributed by atoms with van der Waals surface area (Å²) in [6.07, 6.45) is 2.46. The van der Waals surface area contributed by atoms with E-state index in [0.29, 0.717) is 12.1 Å². The highest BCUT2D eigenvalue weighted by atomic mass is 19.1. The normalized spacial score (nSPS) is 18.7. The van der Waals surface area contributed by atoms with Crippen LogP contribution in [0.2, 0.25) is 0 Å². The molecule has 0 amide bonds. The minimum absolute atomic E-state index is 0.130. The molecule has 1 saturated heterocycles. The van der Waals surface area contributed by atoms with Gasteiger partial charge in [0, 0.05) is 25.2 Å². The molecule has 0 aliphatic carbocycles. The molecular weight excluding hydrogens is 253 g/mol. The van der Waals surface area contributed by atoms with E-state index in [9.17, 15) is 4.39 Å². The molecule has 1 heterocycles. The molecule has 2 rings (SSSR count). The van der Waals surface area contributed by atoms with E-state index in [1.165, 1.54) is 18.9 Å². The van der Waals surface area contributed by atoms with Crippen molar-refractivity contribution in [3.63, 3.8) is 0 Å². The monoisotopic (exact) mass is 275 g/mol. The van der Waals surface area contributed by atoms with Gasteiger partial charge in [0.2, 0.25) is 0 Å². The molecule has 0 saturated carbocycles. The summed E-state index contributed by atoms with van der Waals surface area (Å²) in [5.74, 6) is -0.440. The molecule has 0 aromatic heterocycles. The quantitative estimate of drug-likeness (QED) is 0.898. The molecule has 1 aromatic rings. The van der Waals surface area contributed by atoms with Gasteiger partial charge in [-0.15, -0.1) is 0 Å². The molecule has 1 aliphatic rings. The molecule has 3 nitrogen and oxygen atoms in total. The molecular formula is C16H22FN3. The van der Waals surface area contributed by atoms with Gasteiger partial charge in [-0.25, -0.2) is 4.39 Å². The van der Waals surface area contributed by atoms with Gasteiger partial charge in [-0.1, -0.05) is 6.07 Å². The lowest BCUT2D eigenvalue weighted by Crippen LogP contribution is -2.40. The number of hydrogen-bond donors (Lipinski definition) is 1. The van der Waals surface area contributed by atoms with E-state index in [0.717, 1.165) is 25.2 Å². The van der Waals surface area contributed by atoms with Gasteiger partial charge in [-0.05, 0) is 50.9 Å². The van der Waals surface area contributed by atoms with Crippen molar-refractivity contribution in [2.75, 3.05) is 13.1 Å². The Bertz CT molecular complexity index is 487. The minimum atomic E-state index is -0.440. The first-order valence-electron chi connectivity index (χ1n) is 7.26. The maximum Gasteiger partial charge on any atom is 0.140 e. The summed E-state index contributed by atoms with van der Waals surface area (Å²) >= 11 is 0. The number of nitrogens with zero attached hydrogens (tertiary/aromatic N) is 2. The van der Waals surface area contributed by atoms with Crippen LogP contribution in [0.1, 0.15) is 37.8 Å². The number of rotatable bonds is 5. The number of halogens is 1. The highest BCUT2D eigenvalue weighted by Crippen LogP contribution is 2.15. The van der Waals surface area contributed by atoms with Crippen molar-refractivity contribution in [2.45, 2.75) is 45.3 Å². The van der Waals surface area contributed by atoms with Crippen molar-refractivity contribution in [3.8, 4) is 6.07 Å². The van der Waals surface area contributed by atoms with Crippen LogP contribution in [0.4, 0.5) is 4.39 Å². The Hall–Kier alpha value is -1.44. The number of benzene rings is 1. The zero-order chi connectivity index (χ0) is 14.5. The summed E-state index contributed by atoms with van der Waals surface area (Å²) in [5, 5.41) is 12.4. The topological polar surface area (TPSA) is 39.1 Å². The van der Waals surface area contributed by atoms with Gasteiger partial charge in [-0.2, -0.15) is 5.26 Å². The Morgan fingerprint density at radius 2 is 2.30 bits per heavy atom. The minimum Gasteiger partial charge on any atom is -0.313 e. The summed E-state index contributed by atoms with van der Waals surface area (Å²) in [7, 11) is 0. The summed E-state index contributed by atoms with van der Waals surface area (Å²) in [5.41, 5.74) is 1.12. The van der Waals surface area contributed by atoms with Gasteiger partial charge >= 0.3 is 0 Å². The molecule has 1 fully saturated rings. The molecule has 108 valence electrons. The second-order valence-electron chi connectivity index (χ2n) is 5.74. The van der Waals surface area contributed by atoms with E-state index in [1.54, 1.807) is 12.1 Å². The SMILES string of the molecule is CC(C)N(Cc1ccc(F)c(C#N)c1)CC1CCCN1. The predicted molar refractivity (Wildman–Crippen MR) is 77.7 cm³/mol. The third-order valence-corrected chi connectivity index (χ3v) is 3.88.